The van der Waals surface area contributed by atoms with Gasteiger partial charge in [0.2, 0.25) is 17.6 Å². The third kappa shape index (κ3) is 2.80. The molecule has 31 heavy (non-hydrogen) atoms. The highest BCUT2D eigenvalue weighted by atomic mass is 19.4. The number of pyridine rings is 1. The Kier molecular flexibility index (Phi) is 4.11. The third-order valence-corrected chi connectivity index (χ3v) is 5.79. The van der Waals surface area contributed by atoms with Gasteiger partial charge in [0.15, 0.2) is 0 Å². The molecule has 0 saturated carbocycles. The van der Waals surface area contributed by atoms with Gasteiger partial charge in [-0.05, 0) is 29.7 Å². The molecule has 1 aromatic carbocycles. The lowest BCUT2D eigenvalue weighted by Crippen LogP contribution is -2.43. The number of rotatable bonds is 2. The van der Waals surface area contributed by atoms with Gasteiger partial charge >= 0.3 is 6.18 Å². The molecule has 2 amide bonds. The average Bonchev–Trinajstić information content (AvgIpc) is 3.46. The largest absolute Gasteiger partial charge is 0.451 e. The summed E-state index contributed by atoms with van der Waals surface area (Å²) in [4.78, 5) is 35.2. The van der Waals surface area contributed by atoms with E-state index in [-0.39, 0.29) is 18.9 Å². The molecule has 1 fully saturated rings. The summed E-state index contributed by atoms with van der Waals surface area (Å²) in [6.07, 6.45) is -1.36. The molecule has 2 atom stereocenters. The Hall–Kier alpha value is -3.76. The molecule has 158 valence electrons. The number of carbonyl (C=O) groups is 2. The normalized spacial score (nSPS) is 22.6. The van der Waals surface area contributed by atoms with Crippen LogP contribution in [0.4, 0.5) is 18.9 Å². The number of hydrogen-bond acceptors (Lipinski definition) is 5. The number of likely N-dealkylation sites (tertiary alicyclic amines) is 1. The van der Waals surface area contributed by atoms with Crippen LogP contribution in [0.1, 0.15) is 40.0 Å². The summed E-state index contributed by atoms with van der Waals surface area (Å²) in [5.41, 5.74) is 0.869. The van der Waals surface area contributed by atoms with Crippen LogP contribution in [0.5, 0.6) is 0 Å². The quantitative estimate of drug-likeness (QED) is 0.653. The van der Waals surface area contributed by atoms with Crippen molar-refractivity contribution in [2.75, 3.05) is 11.9 Å². The molecule has 2 aliphatic heterocycles. The molecule has 3 aromatic rings. The van der Waals surface area contributed by atoms with Gasteiger partial charge in [-0.1, -0.05) is 24.3 Å². The van der Waals surface area contributed by atoms with E-state index in [2.05, 4.69) is 20.4 Å². The summed E-state index contributed by atoms with van der Waals surface area (Å²) in [6.45, 7) is 0.135. The first kappa shape index (κ1) is 19.2. The molecule has 0 radical (unpaired) electrons. The van der Waals surface area contributed by atoms with Crippen LogP contribution in [-0.4, -0.2) is 43.4 Å². The number of hydrogen-bond donors (Lipinski definition) is 2. The van der Waals surface area contributed by atoms with Crippen molar-refractivity contribution in [3.8, 4) is 0 Å². The van der Waals surface area contributed by atoms with Crippen LogP contribution in [0.25, 0.3) is 0 Å². The third-order valence-electron chi connectivity index (χ3n) is 5.79. The fourth-order valence-electron chi connectivity index (χ4n) is 4.52. The number of amides is 2. The maximum Gasteiger partial charge on any atom is 0.451 e. The lowest BCUT2D eigenvalue weighted by Gasteiger charge is -2.33. The van der Waals surface area contributed by atoms with Gasteiger partial charge in [-0.25, -0.2) is 0 Å². The number of fused-ring (bicyclic) bond motifs is 2. The van der Waals surface area contributed by atoms with Crippen LogP contribution in [0, 0.1) is 0 Å². The Balaban J connectivity index is 1.62. The second-order valence-corrected chi connectivity index (χ2v) is 7.41. The molecular weight excluding hydrogens is 413 g/mol. The van der Waals surface area contributed by atoms with E-state index in [0.717, 1.165) is 5.56 Å². The van der Waals surface area contributed by atoms with Crippen molar-refractivity contribution in [3.63, 3.8) is 0 Å². The van der Waals surface area contributed by atoms with Crippen molar-refractivity contribution in [1.82, 2.24) is 25.1 Å². The van der Waals surface area contributed by atoms with Crippen molar-refractivity contribution in [2.45, 2.75) is 24.1 Å². The maximum absolute atomic E-state index is 13.2. The molecular formula is C20H15F3N6O2. The number of anilines is 1. The highest BCUT2D eigenvalue weighted by Crippen LogP contribution is 2.54. The van der Waals surface area contributed by atoms with Gasteiger partial charge in [0.05, 0.1) is 6.04 Å². The molecule has 2 N–H and O–H groups in total. The van der Waals surface area contributed by atoms with Gasteiger partial charge in [0, 0.05) is 24.6 Å². The van der Waals surface area contributed by atoms with Gasteiger partial charge in [0.25, 0.3) is 5.91 Å². The summed E-state index contributed by atoms with van der Waals surface area (Å²) in [6, 6.07) is 9.81. The molecule has 2 aromatic heterocycles. The number of nitrogens with one attached hydrogen (secondary N) is 2. The lowest BCUT2D eigenvalue weighted by molar-refractivity contribution is -0.144. The molecule has 11 heteroatoms. The molecule has 5 rings (SSSR count). The fraction of sp³-hybridized carbons (Fsp3) is 0.250. The summed E-state index contributed by atoms with van der Waals surface area (Å²) in [7, 11) is 0. The highest BCUT2D eigenvalue weighted by Gasteiger charge is 2.59. The van der Waals surface area contributed by atoms with E-state index in [9.17, 15) is 22.8 Å². The number of halogens is 3. The zero-order valence-electron chi connectivity index (χ0n) is 15.8. The van der Waals surface area contributed by atoms with Crippen molar-refractivity contribution in [1.29, 1.82) is 0 Å². The molecule has 2 aliphatic rings. The van der Waals surface area contributed by atoms with Crippen molar-refractivity contribution < 1.29 is 22.8 Å². The Labute approximate surface area is 173 Å². The monoisotopic (exact) mass is 428 g/mol. The standard InChI is InChI=1S/C20H15F3N6O2/c21-20(22,23)17-26-15(27-28-17)16(30)29-9-7-19(14(29)11-4-3-8-24-10-11)12-5-1-2-6-13(12)25-18(19)31/h1-6,8,10,14H,7,9H2,(H,25,31)(H,26,27,28). The average molecular weight is 428 g/mol. The zero-order valence-corrected chi connectivity index (χ0v) is 15.8. The molecule has 0 bridgehead atoms. The topological polar surface area (TPSA) is 104 Å². The molecule has 2 unspecified atom stereocenters. The Morgan fingerprint density at radius 3 is 2.71 bits per heavy atom. The van der Waals surface area contributed by atoms with E-state index in [1.807, 2.05) is 6.07 Å². The molecule has 0 aliphatic carbocycles. The minimum absolute atomic E-state index is 0.135. The summed E-state index contributed by atoms with van der Waals surface area (Å²) < 4.78 is 38.8. The van der Waals surface area contributed by atoms with E-state index in [0.29, 0.717) is 11.3 Å². The number of carbonyl (C=O) groups excluding carboxylic acids is 2. The number of aromatic amines is 1. The molecule has 1 saturated heterocycles. The van der Waals surface area contributed by atoms with Crippen molar-refractivity contribution >= 4 is 17.5 Å². The number of nitrogens with zero attached hydrogens (tertiary/aromatic N) is 4. The minimum Gasteiger partial charge on any atom is -0.327 e. The van der Waals surface area contributed by atoms with Crippen molar-refractivity contribution in [2.24, 2.45) is 0 Å². The lowest BCUT2D eigenvalue weighted by atomic mass is 9.73. The Morgan fingerprint density at radius 2 is 2.00 bits per heavy atom. The van der Waals surface area contributed by atoms with Gasteiger partial charge in [0.1, 0.15) is 5.41 Å². The summed E-state index contributed by atoms with van der Waals surface area (Å²) >= 11 is 0. The number of H-pyrrole nitrogens is 1. The van der Waals surface area contributed by atoms with Crippen LogP contribution in [0.2, 0.25) is 0 Å². The second-order valence-electron chi connectivity index (χ2n) is 7.41. The Morgan fingerprint density at radius 1 is 1.19 bits per heavy atom. The van der Waals surface area contributed by atoms with E-state index in [1.54, 1.807) is 47.8 Å². The van der Waals surface area contributed by atoms with Crippen LogP contribution >= 0.6 is 0 Å². The zero-order chi connectivity index (χ0) is 21.8. The van der Waals surface area contributed by atoms with Gasteiger partial charge in [-0.2, -0.15) is 18.2 Å². The predicted molar refractivity (Wildman–Crippen MR) is 101 cm³/mol. The SMILES string of the molecule is O=C(c1n[nH]c(C(F)(F)F)n1)N1CCC2(C(=O)Nc3ccccc32)C1c1cccnc1. The van der Waals surface area contributed by atoms with Crippen LogP contribution in [0.15, 0.2) is 48.8 Å². The summed E-state index contributed by atoms with van der Waals surface area (Å²) in [5, 5.41) is 8.10. The van der Waals surface area contributed by atoms with E-state index < -0.39 is 35.2 Å². The first-order chi connectivity index (χ1) is 14.8. The van der Waals surface area contributed by atoms with Crippen LogP contribution in [0.3, 0.4) is 0 Å². The smallest absolute Gasteiger partial charge is 0.327 e. The minimum atomic E-state index is -4.76. The fourth-order valence-corrected chi connectivity index (χ4v) is 4.52. The molecule has 8 nitrogen and oxygen atoms in total. The van der Waals surface area contributed by atoms with Crippen LogP contribution in [-0.2, 0) is 16.4 Å². The Bertz CT molecular complexity index is 1180. The van der Waals surface area contributed by atoms with Gasteiger partial charge < -0.3 is 10.2 Å². The molecule has 4 heterocycles. The van der Waals surface area contributed by atoms with E-state index in [1.165, 1.54) is 4.90 Å². The maximum atomic E-state index is 13.2. The highest BCUT2D eigenvalue weighted by molar-refractivity contribution is 6.08. The number of benzene rings is 1. The van der Waals surface area contributed by atoms with Crippen molar-refractivity contribution in [3.05, 3.63) is 71.6 Å². The van der Waals surface area contributed by atoms with E-state index in [4.69, 9.17) is 0 Å². The summed E-state index contributed by atoms with van der Waals surface area (Å²) in [5.74, 6) is -3.03. The van der Waals surface area contributed by atoms with Gasteiger partial charge in [-0.3, -0.25) is 19.7 Å². The predicted octanol–water partition coefficient (Wildman–Crippen LogP) is 2.70. The first-order valence-corrected chi connectivity index (χ1v) is 9.44. The second kappa shape index (κ2) is 6.62. The number of alkyl halides is 3. The van der Waals surface area contributed by atoms with Gasteiger partial charge in [-0.15, -0.1) is 5.10 Å². The van der Waals surface area contributed by atoms with E-state index >= 15 is 0 Å². The number of aromatic nitrogens is 4. The molecule has 1 spiro atoms. The van der Waals surface area contributed by atoms with Crippen LogP contribution < -0.4 is 5.32 Å². The number of para-hydroxylation sites is 1. The first-order valence-electron chi connectivity index (χ1n) is 9.44.